The first kappa shape index (κ1) is 17.1. The van der Waals surface area contributed by atoms with Crippen molar-refractivity contribution in [2.45, 2.75) is 25.4 Å². The third kappa shape index (κ3) is 2.88. The van der Waals surface area contributed by atoms with Gasteiger partial charge in [-0.25, -0.2) is 4.79 Å². The molecule has 25 heavy (non-hydrogen) atoms. The Hall–Kier alpha value is -2.77. The van der Waals surface area contributed by atoms with E-state index in [4.69, 9.17) is 9.47 Å². The van der Waals surface area contributed by atoms with Gasteiger partial charge in [0.05, 0.1) is 27.8 Å². The lowest BCUT2D eigenvalue weighted by molar-refractivity contribution is -0.141. The molecule has 8 nitrogen and oxygen atoms in total. The zero-order chi connectivity index (χ0) is 18.1. The van der Waals surface area contributed by atoms with E-state index in [2.05, 4.69) is 4.74 Å². The molecule has 2 aliphatic rings. The lowest BCUT2D eigenvalue weighted by Gasteiger charge is -2.29. The summed E-state index contributed by atoms with van der Waals surface area (Å²) in [5, 5.41) is 0. The standard InChI is InChI=1S/C17H20N2O6/c1-23-13-7-10-6-12-16(21)18(5-4-15(20)25-3)17(22)19(12)9-11(10)8-14(13)24-2/h7-8,12H,4-6,9H2,1-3H3/t12-/m0/s1. The number of methoxy groups -OCH3 is 3. The topological polar surface area (TPSA) is 85.4 Å². The molecule has 0 spiro atoms. The van der Waals surface area contributed by atoms with Crippen LogP contribution in [0, 0.1) is 0 Å². The van der Waals surface area contributed by atoms with Gasteiger partial charge in [-0.1, -0.05) is 0 Å². The number of benzene rings is 1. The first-order valence-corrected chi connectivity index (χ1v) is 7.92. The van der Waals surface area contributed by atoms with Gasteiger partial charge in [0.15, 0.2) is 11.5 Å². The third-order valence-corrected chi connectivity index (χ3v) is 4.63. The first-order valence-electron chi connectivity index (χ1n) is 7.92. The molecule has 0 saturated carbocycles. The number of esters is 1. The summed E-state index contributed by atoms with van der Waals surface area (Å²) in [6, 6.07) is 2.76. The van der Waals surface area contributed by atoms with Crippen LogP contribution in [0.1, 0.15) is 17.5 Å². The van der Waals surface area contributed by atoms with Gasteiger partial charge >= 0.3 is 12.0 Å². The molecule has 1 aromatic carbocycles. The van der Waals surface area contributed by atoms with Gasteiger partial charge in [-0.05, 0) is 23.3 Å². The minimum absolute atomic E-state index is 0.0108. The summed E-state index contributed by atoms with van der Waals surface area (Å²) in [5.41, 5.74) is 1.87. The van der Waals surface area contributed by atoms with E-state index in [0.717, 1.165) is 16.0 Å². The molecular weight excluding hydrogens is 328 g/mol. The van der Waals surface area contributed by atoms with E-state index in [1.807, 2.05) is 12.1 Å². The number of urea groups is 1. The Balaban J connectivity index is 1.84. The Morgan fingerprint density at radius 2 is 1.76 bits per heavy atom. The Bertz CT molecular complexity index is 681. The number of fused-ring (bicyclic) bond motifs is 2. The smallest absolute Gasteiger partial charge is 0.327 e. The van der Waals surface area contributed by atoms with E-state index < -0.39 is 12.0 Å². The number of rotatable bonds is 5. The summed E-state index contributed by atoms with van der Waals surface area (Å²) in [6.07, 6.45) is 0.401. The molecule has 1 fully saturated rings. The minimum atomic E-state index is -0.546. The van der Waals surface area contributed by atoms with Gasteiger partial charge in [-0.15, -0.1) is 0 Å². The number of amides is 3. The first-order chi connectivity index (χ1) is 12.0. The van der Waals surface area contributed by atoms with Crippen molar-refractivity contribution in [3.8, 4) is 11.5 Å². The fraction of sp³-hybridized carbons (Fsp3) is 0.471. The van der Waals surface area contributed by atoms with Crippen LogP contribution in [0.2, 0.25) is 0 Å². The molecule has 0 unspecified atom stereocenters. The predicted octanol–water partition coefficient (Wildman–Crippen LogP) is 0.956. The maximum atomic E-state index is 12.6. The zero-order valence-corrected chi connectivity index (χ0v) is 14.4. The summed E-state index contributed by atoms with van der Waals surface area (Å²) < 4.78 is 15.2. The normalized spacial score (nSPS) is 18.8. The van der Waals surface area contributed by atoms with Crippen LogP contribution in [0.5, 0.6) is 11.5 Å². The Labute approximate surface area is 145 Å². The zero-order valence-electron chi connectivity index (χ0n) is 14.4. The molecule has 1 saturated heterocycles. The molecule has 0 aliphatic carbocycles. The molecule has 3 rings (SSSR count). The summed E-state index contributed by atoms with van der Waals surface area (Å²) in [7, 11) is 4.38. The number of ether oxygens (including phenoxy) is 3. The predicted molar refractivity (Wildman–Crippen MR) is 86.3 cm³/mol. The monoisotopic (exact) mass is 348 g/mol. The Morgan fingerprint density at radius 3 is 2.36 bits per heavy atom. The number of carbonyl (C=O) groups is 3. The van der Waals surface area contributed by atoms with Crippen molar-refractivity contribution in [3.63, 3.8) is 0 Å². The molecule has 134 valence electrons. The van der Waals surface area contributed by atoms with E-state index in [0.29, 0.717) is 24.5 Å². The number of nitrogens with zero attached hydrogens (tertiary/aromatic N) is 2. The van der Waals surface area contributed by atoms with Crippen molar-refractivity contribution in [2.24, 2.45) is 0 Å². The lowest BCUT2D eigenvalue weighted by Crippen LogP contribution is -2.40. The van der Waals surface area contributed by atoms with Gasteiger partial charge < -0.3 is 19.1 Å². The maximum absolute atomic E-state index is 12.6. The van der Waals surface area contributed by atoms with Crippen LogP contribution in [0.15, 0.2) is 12.1 Å². The van der Waals surface area contributed by atoms with Crippen molar-refractivity contribution in [2.75, 3.05) is 27.9 Å². The minimum Gasteiger partial charge on any atom is -0.493 e. The number of carbonyl (C=O) groups excluding carboxylic acids is 3. The van der Waals surface area contributed by atoms with Crippen LogP contribution < -0.4 is 9.47 Å². The SMILES string of the molecule is COC(=O)CCN1C(=O)[C@@H]2Cc3cc(OC)c(OC)cc3CN2C1=O. The molecule has 0 aromatic heterocycles. The van der Waals surface area contributed by atoms with E-state index in [1.54, 1.807) is 14.2 Å². The summed E-state index contributed by atoms with van der Waals surface area (Å²) >= 11 is 0. The van der Waals surface area contributed by atoms with E-state index in [1.165, 1.54) is 12.0 Å². The van der Waals surface area contributed by atoms with Gasteiger partial charge in [0.2, 0.25) is 0 Å². The second-order valence-electron chi connectivity index (χ2n) is 5.92. The molecule has 8 heteroatoms. The number of hydrogen-bond donors (Lipinski definition) is 0. The van der Waals surface area contributed by atoms with Crippen molar-refractivity contribution in [3.05, 3.63) is 23.3 Å². The second kappa shape index (κ2) is 6.62. The van der Waals surface area contributed by atoms with Gasteiger partial charge in [0.25, 0.3) is 5.91 Å². The summed E-state index contributed by atoms with van der Waals surface area (Å²) in [5.74, 6) is 0.437. The fourth-order valence-electron chi connectivity index (χ4n) is 3.27. The van der Waals surface area contributed by atoms with Crippen molar-refractivity contribution < 1.29 is 28.6 Å². The molecule has 0 radical (unpaired) electrons. The fourth-order valence-corrected chi connectivity index (χ4v) is 3.27. The van der Waals surface area contributed by atoms with Crippen LogP contribution in [0.4, 0.5) is 4.79 Å². The molecule has 3 amide bonds. The average Bonchev–Trinajstić information content (AvgIpc) is 2.86. The summed E-state index contributed by atoms with van der Waals surface area (Å²) in [6.45, 7) is 0.347. The second-order valence-corrected chi connectivity index (χ2v) is 5.92. The molecule has 0 N–H and O–H groups in total. The van der Waals surface area contributed by atoms with Gasteiger partial charge in [0.1, 0.15) is 6.04 Å². The third-order valence-electron chi connectivity index (χ3n) is 4.63. The van der Waals surface area contributed by atoms with Gasteiger partial charge in [0, 0.05) is 19.5 Å². The highest BCUT2D eigenvalue weighted by Gasteiger charge is 2.47. The highest BCUT2D eigenvalue weighted by Crippen LogP contribution is 2.37. The van der Waals surface area contributed by atoms with E-state index >= 15 is 0 Å². The lowest BCUT2D eigenvalue weighted by atomic mass is 9.94. The maximum Gasteiger partial charge on any atom is 0.327 e. The number of hydrogen-bond acceptors (Lipinski definition) is 6. The number of imide groups is 1. The Morgan fingerprint density at radius 1 is 1.12 bits per heavy atom. The Kier molecular flexibility index (Phi) is 4.52. The van der Waals surface area contributed by atoms with Gasteiger partial charge in [-0.3, -0.25) is 14.5 Å². The van der Waals surface area contributed by atoms with Crippen molar-refractivity contribution in [1.29, 1.82) is 0 Å². The van der Waals surface area contributed by atoms with E-state index in [9.17, 15) is 14.4 Å². The van der Waals surface area contributed by atoms with Crippen LogP contribution in [-0.2, 0) is 27.3 Å². The largest absolute Gasteiger partial charge is 0.493 e. The molecule has 2 heterocycles. The van der Waals surface area contributed by atoms with E-state index in [-0.39, 0.29) is 24.9 Å². The average molecular weight is 348 g/mol. The highest BCUT2D eigenvalue weighted by atomic mass is 16.5. The van der Waals surface area contributed by atoms with Crippen molar-refractivity contribution in [1.82, 2.24) is 9.80 Å². The van der Waals surface area contributed by atoms with Crippen LogP contribution >= 0.6 is 0 Å². The quantitative estimate of drug-likeness (QED) is 0.582. The van der Waals surface area contributed by atoms with Crippen LogP contribution in [0.3, 0.4) is 0 Å². The van der Waals surface area contributed by atoms with Gasteiger partial charge in [-0.2, -0.15) is 0 Å². The molecule has 2 aliphatic heterocycles. The van der Waals surface area contributed by atoms with Crippen LogP contribution in [0.25, 0.3) is 0 Å². The van der Waals surface area contributed by atoms with Crippen LogP contribution in [-0.4, -0.2) is 61.6 Å². The molecule has 1 atom stereocenters. The molecular formula is C17H20N2O6. The summed E-state index contributed by atoms with van der Waals surface area (Å²) in [4.78, 5) is 39.1. The highest BCUT2D eigenvalue weighted by molar-refractivity contribution is 6.04. The molecule has 0 bridgehead atoms. The van der Waals surface area contributed by atoms with Crippen molar-refractivity contribution >= 4 is 17.9 Å². The molecule has 1 aromatic rings.